The van der Waals surface area contributed by atoms with Gasteiger partial charge in [-0.25, -0.2) is 0 Å². The maximum atomic E-state index is 11.3. The van der Waals surface area contributed by atoms with Crippen molar-refractivity contribution >= 4 is 17.1 Å². The van der Waals surface area contributed by atoms with Gasteiger partial charge in [-0.05, 0) is 37.6 Å². The SMILES string of the molecule is Cc1ccc(N(C)c2ccc(C(C)O)cc2[N+](=O)[O-])cc1. The molecular formula is C16H18N2O3. The summed E-state index contributed by atoms with van der Waals surface area (Å²) in [6, 6.07) is 12.6. The Kier molecular flexibility index (Phi) is 4.23. The van der Waals surface area contributed by atoms with Crippen molar-refractivity contribution in [2.45, 2.75) is 20.0 Å². The summed E-state index contributed by atoms with van der Waals surface area (Å²) in [5.74, 6) is 0. The molecule has 0 saturated heterocycles. The zero-order valence-corrected chi connectivity index (χ0v) is 12.3. The molecule has 1 N–H and O–H groups in total. The number of nitrogens with zero attached hydrogens (tertiary/aromatic N) is 2. The molecule has 0 aromatic heterocycles. The summed E-state index contributed by atoms with van der Waals surface area (Å²) in [6.45, 7) is 3.58. The lowest BCUT2D eigenvalue weighted by Crippen LogP contribution is -2.12. The minimum absolute atomic E-state index is 0.0172. The molecule has 2 aromatic carbocycles. The minimum atomic E-state index is -0.734. The number of aliphatic hydroxyl groups excluding tert-OH is 1. The number of hydrogen-bond acceptors (Lipinski definition) is 4. The van der Waals surface area contributed by atoms with E-state index in [4.69, 9.17) is 0 Å². The summed E-state index contributed by atoms with van der Waals surface area (Å²) in [5, 5.41) is 20.9. The number of hydrogen-bond donors (Lipinski definition) is 1. The lowest BCUT2D eigenvalue weighted by atomic mass is 10.1. The standard InChI is InChI=1S/C16H18N2O3/c1-11-4-7-14(8-5-11)17(3)15-9-6-13(12(2)19)10-16(15)18(20)21/h4-10,12,19H,1-3H3. The van der Waals surface area contributed by atoms with Crippen molar-refractivity contribution in [1.29, 1.82) is 0 Å². The number of benzene rings is 2. The van der Waals surface area contributed by atoms with Crippen molar-refractivity contribution in [3.8, 4) is 0 Å². The minimum Gasteiger partial charge on any atom is -0.389 e. The maximum Gasteiger partial charge on any atom is 0.293 e. The summed E-state index contributed by atoms with van der Waals surface area (Å²) in [7, 11) is 1.79. The van der Waals surface area contributed by atoms with Crippen molar-refractivity contribution < 1.29 is 10.0 Å². The highest BCUT2D eigenvalue weighted by molar-refractivity contribution is 5.72. The molecule has 0 saturated carbocycles. The first kappa shape index (κ1) is 15.0. The van der Waals surface area contributed by atoms with E-state index < -0.39 is 11.0 Å². The first-order valence-corrected chi connectivity index (χ1v) is 6.67. The average molecular weight is 286 g/mol. The predicted molar refractivity (Wildman–Crippen MR) is 83.0 cm³/mol. The molecule has 0 aliphatic heterocycles. The zero-order valence-electron chi connectivity index (χ0n) is 12.3. The average Bonchev–Trinajstić information content (AvgIpc) is 2.46. The van der Waals surface area contributed by atoms with Gasteiger partial charge in [0.15, 0.2) is 0 Å². The molecule has 0 aliphatic rings. The van der Waals surface area contributed by atoms with E-state index in [1.54, 1.807) is 31.0 Å². The van der Waals surface area contributed by atoms with E-state index in [9.17, 15) is 15.2 Å². The van der Waals surface area contributed by atoms with E-state index >= 15 is 0 Å². The lowest BCUT2D eigenvalue weighted by molar-refractivity contribution is -0.384. The summed E-state index contributed by atoms with van der Waals surface area (Å²) < 4.78 is 0. The molecular weight excluding hydrogens is 268 g/mol. The van der Waals surface area contributed by atoms with Crippen LogP contribution in [-0.2, 0) is 0 Å². The molecule has 5 heteroatoms. The molecule has 0 spiro atoms. The molecule has 1 atom stereocenters. The Labute approximate surface area is 123 Å². The number of aliphatic hydroxyl groups is 1. The fourth-order valence-corrected chi connectivity index (χ4v) is 2.14. The molecule has 2 rings (SSSR count). The van der Waals surface area contributed by atoms with Crippen LogP contribution in [0.4, 0.5) is 17.1 Å². The molecule has 21 heavy (non-hydrogen) atoms. The van der Waals surface area contributed by atoms with Gasteiger partial charge in [-0.15, -0.1) is 0 Å². The summed E-state index contributed by atoms with van der Waals surface area (Å²) in [5.41, 5.74) is 3.01. The van der Waals surface area contributed by atoms with E-state index in [2.05, 4.69) is 0 Å². The van der Waals surface area contributed by atoms with Crippen molar-refractivity contribution in [1.82, 2.24) is 0 Å². The second-order valence-corrected chi connectivity index (χ2v) is 5.08. The molecule has 110 valence electrons. The molecule has 1 unspecified atom stereocenters. The van der Waals surface area contributed by atoms with Gasteiger partial charge in [-0.1, -0.05) is 23.8 Å². The third kappa shape index (κ3) is 3.20. The van der Waals surface area contributed by atoms with Gasteiger partial charge in [-0.2, -0.15) is 0 Å². The topological polar surface area (TPSA) is 66.6 Å². The normalized spacial score (nSPS) is 12.0. The second-order valence-electron chi connectivity index (χ2n) is 5.08. The van der Waals surface area contributed by atoms with Crippen molar-refractivity contribution in [3.05, 3.63) is 63.7 Å². The van der Waals surface area contributed by atoms with Crippen molar-refractivity contribution in [2.75, 3.05) is 11.9 Å². The van der Waals surface area contributed by atoms with Gasteiger partial charge in [0.25, 0.3) is 5.69 Å². The van der Waals surface area contributed by atoms with Crippen LogP contribution in [-0.4, -0.2) is 17.1 Å². The van der Waals surface area contributed by atoms with Crippen LogP contribution in [0.25, 0.3) is 0 Å². The van der Waals surface area contributed by atoms with E-state index in [-0.39, 0.29) is 5.69 Å². The van der Waals surface area contributed by atoms with Crippen LogP contribution in [0.3, 0.4) is 0 Å². The monoisotopic (exact) mass is 286 g/mol. The van der Waals surface area contributed by atoms with Gasteiger partial charge in [0.1, 0.15) is 5.69 Å². The Morgan fingerprint density at radius 2 is 1.81 bits per heavy atom. The molecule has 0 bridgehead atoms. The Hall–Kier alpha value is -2.40. The molecule has 0 aliphatic carbocycles. The van der Waals surface area contributed by atoms with Crippen LogP contribution in [0.1, 0.15) is 24.2 Å². The van der Waals surface area contributed by atoms with Crippen LogP contribution in [0.2, 0.25) is 0 Å². The highest BCUT2D eigenvalue weighted by atomic mass is 16.6. The van der Waals surface area contributed by atoms with Gasteiger partial charge < -0.3 is 10.0 Å². The van der Waals surface area contributed by atoms with E-state index in [0.29, 0.717) is 11.3 Å². The second kappa shape index (κ2) is 5.93. The maximum absolute atomic E-state index is 11.3. The van der Waals surface area contributed by atoms with Gasteiger partial charge >= 0.3 is 0 Å². The third-order valence-electron chi connectivity index (χ3n) is 3.46. The van der Waals surface area contributed by atoms with Gasteiger partial charge in [0.2, 0.25) is 0 Å². The summed E-state index contributed by atoms with van der Waals surface area (Å²) in [4.78, 5) is 12.6. The number of aryl methyl sites for hydroxylation is 1. The molecule has 0 radical (unpaired) electrons. The molecule has 2 aromatic rings. The third-order valence-corrected chi connectivity index (χ3v) is 3.46. The van der Waals surface area contributed by atoms with Gasteiger partial charge in [0.05, 0.1) is 11.0 Å². The van der Waals surface area contributed by atoms with Gasteiger partial charge in [-0.3, -0.25) is 10.1 Å². The van der Waals surface area contributed by atoms with Crippen molar-refractivity contribution in [2.24, 2.45) is 0 Å². The number of nitro groups is 1. The first-order valence-electron chi connectivity index (χ1n) is 6.67. The largest absolute Gasteiger partial charge is 0.389 e. The van der Waals surface area contributed by atoms with E-state index in [1.807, 2.05) is 31.2 Å². The van der Waals surface area contributed by atoms with Crippen LogP contribution >= 0.6 is 0 Å². The molecule has 0 amide bonds. The molecule has 0 fully saturated rings. The number of anilines is 2. The Morgan fingerprint density at radius 1 is 1.19 bits per heavy atom. The smallest absolute Gasteiger partial charge is 0.293 e. The highest BCUT2D eigenvalue weighted by Gasteiger charge is 2.20. The summed E-state index contributed by atoms with van der Waals surface area (Å²) >= 11 is 0. The van der Waals surface area contributed by atoms with E-state index in [1.165, 1.54) is 6.07 Å². The molecule has 0 heterocycles. The Morgan fingerprint density at radius 3 is 2.33 bits per heavy atom. The zero-order chi connectivity index (χ0) is 15.6. The lowest BCUT2D eigenvalue weighted by Gasteiger charge is -2.20. The fourth-order valence-electron chi connectivity index (χ4n) is 2.14. The van der Waals surface area contributed by atoms with Crippen LogP contribution in [0.5, 0.6) is 0 Å². The summed E-state index contributed by atoms with van der Waals surface area (Å²) in [6.07, 6.45) is -0.734. The quantitative estimate of drug-likeness (QED) is 0.687. The predicted octanol–water partition coefficient (Wildman–Crippen LogP) is 3.72. The Balaban J connectivity index is 2.47. The van der Waals surface area contributed by atoms with Crippen LogP contribution < -0.4 is 4.90 Å². The van der Waals surface area contributed by atoms with E-state index in [0.717, 1.165) is 11.3 Å². The van der Waals surface area contributed by atoms with Crippen LogP contribution in [0.15, 0.2) is 42.5 Å². The van der Waals surface area contributed by atoms with Crippen LogP contribution in [0, 0.1) is 17.0 Å². The van der Waals surface area contributed by atoms with Crippen molar-refractivity contribution in [3.63, 3.8) is 0 Å². The first-order chi connectivity index (χ1) is 9.90. The number of nitro benzene ring substituents is 1. The molecule has 5 nitrogen and oxygen atoms in total. The Bertz CT molecular complexity index is 651. The number of rotatable bonds is 4. The fraction of sp³-hybridized carbons (Fsp3) is 0.250. The van der Waals surface area contributed by atoms with Gasteiger partial charge in [0, 0.05) is 18.8 Å². The highest BCUT2D eigenvalue weighted by Crippen LogP contribution is 2.34.